The molecule has 1 N–H and O–H groups in total. The summed E-state index contributed by atoms with van der Waals surface area (Å²) >= 11 is 0. The quantitative estimate of drug-likeness (QED) is 0.904. The molecule has 2 aromatic rings. The molecule has 0 unspecified atom stereocenters. The van der Waals surface area contributed by atoms with Crippen molar-refractivity contribution in [1.82, 2.24) is 0 Å². The van der Waals surface area contributed by atoms with E-state index in [0.29, 0.717) is 0 Å². The smallest absolute Gasteiger partial charge is 0.152 e. The summed E-state index contributed by atoms with van der Waals surface area (Å²) in [6, 6.07) is 19.0. The molecule has 0 saturated heterocycles. The van der Waals surface area contributed by atoms with Crippen LogP contribution in [0, 0.1) is 5.92 Å². The van der Waals surface area contributed by atoms with E-state index < -0.39 is 5.41 Å². The molecule has 2 nitrogen and oxygen atoms in total. The van der Waals surface area contributed by atoms with Crippen molar-refractivity contribution in [2.75, 3.05) is 6.61 Å². The van der Waals surface area contributed by atoms with Gasteiger partial charge < -0.3 is 5.11 Å². The van der Waals surface area contributed by atoms with E-state index in [9.17, 15) is 9.90 Å². The van der Waals surface area contributed by atoms with Gasteiger partial charge in [-0.25, -0.2) is 0 Å². The SMILES string of the molecule is CC(C)C(=O)C(CO)(c1ccccc1)c1ccccc1. The average molecular weight is 268 g/mol. The number of ketones is 1. The Labute approximate surface area is 120 Å². The minimum Gasteiger partial charge on any atom is -0.395 e. The molecule has 0 aliphatic rings. The first-order chi connectivity index (χ1) is 9.63. The minimum absolute atomic E-state index is 0.0393. The summed E-state index contributed by atoms with van der Waals surface area (Å²) < 4.78 is 0. The fourth-order valence-corrected chi connectivity index (χ4v) is 2.65. The number of aliphatic hydroxyl groups is 1. The summed E-state index contributed by atoms with van der Waals surface area (Å²) in [5, 5.41) is 10.1. The Kier molecular flexibility index (Phi) is 4.35. The Balaban J connectivity index is 2.68. The van der Waals surface area contributed by atoms with E-state index in [0.717, 1.165) is 11.1 Å². The number of rotatable bonds is 5. The lowest BCUT2D eigenvalue weighted by atomic mass is 9.69. The first-order valence-corrected chi connectivity index (χ1v) is 6.89. The Hall–Kier alpha value is -1.93. The van der Waals surface area contributed by atoms with Crippen LogP contribution in [0.2, 0.25) is 0 Å². The zero-order chi connectivity index (χ0) is 14.6. The maximum atomic E-state index is 12.8. The van der Waals surface area contributed by atoms with Gasteiger partial charge >= 0.3 is 0 Å². The molecule has 20 heavy (non-hydrogen) atoms. The number of hydrogen-bond acceptors (Lipinski definition) is 2. The van der Waals surface area contributed by atoms with E-state index in [1.54, 1.807) is 0 Å². The molecule has 0 aliphatic carbocycles. The van der Waals surface area contributed by atoms with Crippen molar-refractivity contribution >= 4 is 5.78 Å². The van der Waals surface area contributed by atoms with Gasteiger partial charge in [-0.15, -0.1) is 0 Å². The van der Waals surface area contributed by atoms with E-state index in [1.807, 2.05) is 74.5 Å². The van der Waals surface area contributed by atoms with Gasteiger partial charge in [0, 0.05) is 5.92 Å². The average Bonchev–Trinajstić information content (AvgIpc) is 2.50. The van der Waals surface area contributed by atoms with Crippen LogP contribution in [-0.4, -0.2) is 17.5 Å². The van der Waals surface area contributed by atoms with Crippen molar-refractivity contribution in [3.63, 3.8) is 0 Å². The third-order valence-corrected chi connectivity index (χ3v) is 3.72. The van der Waals surface area contributed by atoms with Gasteiger partial charge in [0.1, 0.15) is 5.41 Å². The van der Waals surface area contributed by atoms with Gasteiger partial charge in [-0.3, -0.25) is 4.79 Å². The highest BCUT2D eigenvalue weighted by Crippen LogP contribution is 2.35. The zero-order valence-electron chi connectivity index (χ0n) is 11.9. The minimum atomic E-state index is -0.976. The van der Waals surface area contributed by atoms with Gasteiger partial charge in [0.25, 0.3) is 0 Å². The summed E-state index contributed by atoms with van der Waals surface area (Å²) in [6.07, 6.45) is 0. The highest BCUT2D eigenvalue weighted by Gasteiger charge is 2.42. The maximum absolute atomic E-state index is 12.8. The van der Waals surface area contributed by atoms with Crippen LogP contribution >= 0.6 is 0 Å². The normalized spacial score (nSPS) is 11.6. The molecule has 0 amide bonds. The molecule has 2 heteroatoms. The first kappa shape index (κ1) is 14.5. The maximum Gasteiger partial charge on any atom is 0.152 e. The third kappa shape index (κ3) is 2.39. The van der Waals surface area contributed by atoms with Crippen molar-refractivity contribution < 1.29 is 9.90 Å². The summed E-state index contributed by atoms with van der Waals surface area (Å²) in [5.41, 5.74) is 0.705. The Morgan fingerprint density at radius 1 is 0.950 bits per heavy atom. The summed E-state index contributed by atoms with van der Waals surface area (Å²) in [7, 11) is 0. The second kappa shape index (κ2) is 6.02. The van der Waals surface area contributed by atoms with Crippen molar-refractivity contribution in [2.45, 2.75) is 19.3 Å². The largest absolute Gasteiger partial charge is 0.395 e. The monoisotopic (exact) mass is 268 g/mol. The lowest BCUT2D eigenvalue weighted by molar-refractivity contribution is -0.127. The number of benzene rings is 2. The fourth-order valence-electron chi connectivity index (χ4n) is 2.65. The van der Waals surface area contributed by atoms with Crippen molar-refractivity contribution in [1.29, 1.82) is 0 Å². The number of carbonyl (C=O) groups excluding carboxylic acids is 1. The lowest BCUT2D eigenvalue weighted by Crippen LogP contribution is -2.43. The predicted octanol–water partition coefficient (Wildman–Crippen LogP) is 3.19. The molecule has 0 aromatic heterocycles. The summed E-state index contributed by atoms with van der Waals surface area (Å²) in [6.45, 7) is 3.52. The summed E-state index contributed by atoms with van der Waals surface area (Å²) in [5.74, 6) is -0.111. The Morgan fingerprint density at radius 2 is 1.35 bits per heavy atom. The van der Waals surface area contributed by atoms with E-state index in [1.165, 1.54) is 0 Å². The predicted molar refractivity (Wildman–Crippen MR) is 80.6 cm³/mol. The molecule has 2 rings (SSSR count). The van der Waals surface area contributed by atoms with Gasteiger partial charge in [0.2, 0.25) is 0 Å². The number of Topliss-reactive ketones (excluding diaryl/α,β-unsaturated/α-hetero) is 1. The number of aliphatic hydroxyl groups excluding tert-OH is 1. The van der Waals surface area contributed by atoms with Crippen molar-refractivity contribution in [2.24, 2.45) is 5.92 Å². The molecular formula is C18H20O2. The highest BCUT2D eigenvalue weighted by molar-refractivity contribution is 5.95. The van der Waals surface area contributed by atoms with Crippen LogP contribution in [0.15, 0.2) is 60.7 Å². The van der Waals surface area contributed by atoms with Crippen molar-refractivity contribution in [3.05, 3.63) is 71.8 Å². The van der Waals surface area contributed by atoms with E-state index in [2.05, 4.69) is 0 Å². The topological polar surface area (TPSA) is 37.3 Å². The standard InChI is InChI=1S/C18H20O2/c1-14(2)17(20)18(13-19,15-9-5-3-6-10-15)16-11-7-4-8-12-16/h3-12,14,19H,13H2,1-2H3. The van der Waals surface area contributed by atoms with Gasteiger partial charge in [0.05, 0.1) is 6.61 Å². The van der Waals surface area contributed by atoms with E-state index in [4.69, 9.17) is 0 Å². The van der Waals surface area contributed by atoms with Crippen LogP contribution in [0.1, 0.15) is 25.0 Å². The molecule has 2 aromatic carbocycles. The van der Waals surface area contributed by atoms with Crippen LogP contribution in [0.25, 0.3) is 0 Å². The van der Waals surface area contributed by atoms with Crippen LogP contribution in [0.5, 0.6) is 0 Å². The van der Waals surface area contributed by atoms with Crippen molar-refractivity contribution in [3.8, 4) is 0 Å². The molecule has 0 atom stereocenters. The van der Waals surface area contributed by atoms with Gasteiger partial charge in [-0.2, -0.15) is 0 Å². The van der Waals surface area contributed by atoms with Crippen LogP contribution in [-0.2, 0) is 10.2 Å². The Bertz CT molecular complexity index is 519. The molecule has 0 radical (unpaired) electrons. The molecule has 0 saturated carbocycles. The molecule has 104 valence electrons. The van der Waals surface area contributed by atoms with Crippen LogP contribution < -0.4 is 0 Å². The molecule has 0 spiro atoms. The fraction of sp³-hybridized carbons (Fsp3) is 0.278. The lowest BCUT2D eigenvalue weighted by Gasteiger charge is -2.33. The third-order valence-electron chi connectivity index (χ3n) is 3.72. The first-order valence-electron chi connectivity index (χ1n) is 6.89. The zero-order valence-corrected chi connectivity index (χ0v) is 11.9. The Morgan fingerprint density at radius 3 is 1.65 bits per heavy atom. The number of hydrogen-bond donors (Lipinski definition) is 1. The second-order valence-electron chi connectivity index (χ2n) is 5.31. The van der Waals surface area contributed by atoms with Crippen LogP contribution in [0.4, 0.5) is 0 Å². The highest BCUT2D eigenvalue weighted by atomic mass is 16.3. The summed E-state index contributed by atoms with van der Waals surface area (Å²) in [4.78, 5) is 12.8. The molecule has 0 aliphatic heterocycles. The molecular weight excluding hydrogens is 248 g/mol. The molecule has 0 heterocycles. The van der Waals surface area contributed by atoms with Gasteiger partial charge in [-0.05, 0) is 11.1 Å². The number of carbonyl (C=O) groups is 1. The second-order valence-corrected chi connectivity index (χ2v) is 5.31. The van der Waals surface area contributed by atoms with Crippen LogP contribution in [0.3, 0.4) is 0 Å². The van der Waals surface area contributed by atoms with E-state index in [-0.39, 0.29) is 18.3 Å². The van der Waals surface area contributed by atoms with Gasteiger partial charge in [0.15, 0.2) is 5.78 Å². The molecule has 0 fully saturated rings. The molecule has 0 bridgehead atoms. The van der Waals surface area contributed by atoms with E-state index >= 15 is 0 Å². The van der Waals surface area contributed by atoms with Gasteiger partial charge in [-0.1, -0.05) is 74.5 Å².